The lowest BCUT2D eigenvalue weighted by Crippen LogP contribution is -2.24. The summed E-state index contributed by atoms with van der Waals surface area (Å²) in [5.74, 6) is -1.93. The predicted octanol–water partition coefficient (Wildman–Crippen LogP) is 4.27. The number of aryl methyl sites for hydroxylation is 2. The van der Waals surface area contributed by atoms with Crippen molar-refractivity contribution in [1.29, 1.82) is 0 Å². The third-order valence-electron chi connectivity index (χ3n) is 5.10. The van der Waals surface area contributed by atoms with E-state index in [-0.39, 0.29) is 29.2 Å². The van der Waals surface area contributed by atoms with Crippen LogP contribution in [0.1, 0.15) is 40.9 Å². The van der Waals surface area contributed by atoms with Crippen molar-refractivity contribution >= 4 is 29.6 Å². The fraction of sp³-hybridized carbons (Fsp3) is 0.208. The molecule has 0 saturated heterocycles. The fourth-order valence-electron chi connectivity index (χ4n) is 3.35. The van der Waals surface area contributed by atoms with E-state index in [1.807, 2.05) is 32.0 Å². The minimum absolute atomic E-state index is 0.143. The number of rotatable bonds is 5. The van der Waals surface area contributed by atoms with Crippen molar-refractivity contribution < 1.29 is 24.2 Å². The maximum Gasteiger partial charge on any atom is 0.340 e. The molecule has 0 spiro atoms. The van der Waals surface area contributed by atoms with Crippen LogP contribution < -0.4 is 4.90 Å². The van der Waals surface area contributed by atoms with Crippen molar-refractivity contribution in [1.82, 2.24) is 0 Å². The third-order valence-corrected chi connectivity index (χ3v) is 5.10. The summed E-state index contributed by atoms with van der Waals surface area (Å²) in [7, 11) is 0. The van der Waals surface area contributed by atoms with E-state index in [0.717, 1.165) is 11.1 Å². The maximum absolute atomic E-state index is 13.3. The number of nitrogens with zero attached hydrogens (tertiary/aromatic N) is 1. The summed E-state index contributed by atoms with van der Waals surface area (Å²) in [5, 5.41) is 9.07. The van der Waals surface area contributed by atoms with Crippen LogP contribution in [0.15, 0.2) is 59.3 Å². The summed E-state index contributed by atoms with van der Waals surface area (Å²) in [6, 6.07) is 11.8. The number of hydrogen-bond acceptors (Lipinski definition) is 4. The Morgan fingerprint density at radius 3 is 2.27 bits per heavy atom. The molecule has 0 aliphatic carbocycles. The van der Waals surface area contributed by atoms with Crippen LogP contribution in [0.2, 0.25) is 0 Å². The molecule has 0 unspecified atom stereocenters. The summed E-state index contributed by atoms with van der Waals surface area (Å²) in [5.41, 5.74) is 4.49. The summed E-state index contributed by atoms with van der Waals surface area (Å²) in [6.07, 6.45) is 1.59. The Balaban J connectivity index is 2.11. The first-order valence-corrected chi connectivity index (χ1v) is 9.59. The first-order chi connectivity index (χ1) is 14.2. The predicted molar refractivity (Wildman–Crippen MR) is 114 cm³/mol. The molecule has 0 aromatic heterocycles. The SMILES string of the molecule is CCOC(=O)C1=C(C)N(c2ccc(C)c(C)c2)C(=O)/C1=C/c1ccc(C(=O)O)cc1. The Bertz CT molecular complexity index is 1090. The van der Waals surface area contributed by atoms with Gasteiger partial charge in [-0.15, -0.1) is 0 Å². The number of carboxylic acids is 1. The standard InChI is InChI=1S/C24H23NO5/c1-5-30-24(29)21-16(4)25(19-11-6-14(2)15(3)12-19)22(26)20(21)13-17-7-9-18(10-8-17)23(27)28/h6-13H,5H2,1-4H3,(H,27,28)/b20-13+. The number of anilines is 1. The molecular weight excluding hydrogens is 382 g/mol. The van der Waals surface area contributed by atoms with E-state index in [9.17, 15) is 14.4 Å². The Morgan fingerprint density at radius 2 is 1.70 bits per heavy atom. The Kier molecular flexibility index (Phi) is 5.87. The highest BCUT2D eigenvalue weighted by molar-refractivity contribution is 6.23. The van der Waals surface area contributed by atoms with E-state index in [0.29, 0.717) is 16.9 Å². The molecule has 1 heterocycles. The van der Waals surface area contributed by atoms with Crippen LogP contribution in [-0.4, -0.2) is 29.6 Å². The second-order valence-electron chi connectivity index (χ2n) is 7.08. The van der Waals surface area contributed by atoms with Crippen molar-refractivity contribution in [2.45, 2.75) is 27.7 Å². The number of amides is 1. The average molecular weight is 405 g/mol. The smallest absolute Gasteiger partial charge is 0.340 e. The molecule has 30 heavy (non-hydrogen) atoms. The highest BCUT2D eigenvalue weighted by atomic mass is 16.5. The number of benzene rings is 2. The number of carboxylic acid groups (broad SMARTS) is 1. The third kappa shape index (κ3) is 3.89. The largest absolute Gasteiger partial charge is 0.478 e. The zero-order valence-electron chi connectivity index (χ0n) is 17.4. The first-order valence-electron chi connectivity index (χ1n) is 9.59. The van der Waals surface area contributed by atoms with Gasteiger partial charge in [-0.2, -0.15) is 0 Å². The number of hydrogen-bond donors (Lipinski definition) is 1. The molecule has 0 bridgehead atoms. The van der Waals surface area contributed by atoms with Gasteiger partial charge in [-0.3, -0.25) is 9.69 Å². The molecule has 1 aliphatic heterocycles. The monoisotopic (exact) mass is 405 g/mol. The summed E-state index contributed by atoms with van der Waals surface area (Å²) in [6.45, 7) is 7.57. The van der Waals surface area contributed by atoms with Crippen LogP contribution in [-0.2, 0) is 14.3 Å². The van der Waals surface area contributed by atoms with E-state index in [4.69, 9.17) is 9.84 Å². The summed E-state index contributed by atoms with van der Waals surface area (Å²) >= 11 is 0. The van der Waals surface area contributed by atoms with Gasteiger partial charge < -0.3 is 9.84 Å². The lowest BCUT2D eigenvalue weighted by atomic mass is 10.0. The number of allylic oxidation sites excluding steroid dienone is 1. The lowest BCUT2D eigenvalue weighted by Gasteiger charge is -2.19. The minimum atomic E-state index is -1.03. The van der Waals surface area contributed by atoms with Gasteiger partial charge in [0.05, 0.1) is 23.3 Å². The molecule has 2 aromatic rings. The molecule has 1 N–H and O–H groups in total. The highest BCUT2D eigenvalue weighted by Crippen LogP contribution is 2.36. The average Bonchev–Trinajstić information content (AvgIpc) is 2.94. The molecule has 0 fully saturated rings. The molecule has 0 saturated carbocycles. The zero-order valence-corrected chi connectivity index (χ0v) is 17.4. The Labute approximate surface area is 175 Å². The van der Waals surface area contributed by atoms with Gasteiger partial charge in [0.15, 0.2) is 0 Å². The molecule has 6 nitrogen and oxygen atoms in total. The van der Waals surface area contributed by atoms with Gasteiger partial charge in [0.2, 0.25) is 0 Å². The molecule has 6 heteroatoms. The number of aromatic carboxylic acids is 1. The summed E-state index contributed by atoms with van der Waals surface area (Å²) < 4.78 is 5.20. The van der Waals surface area contributed by atoms with Gasteiger partial charge in [-0.05, 0) is 74.7 Å². The van der Waals surface area contributed by atoms with Crippen molar-refractivity contribution in [2.75, 3.05) is 11.5 Å². The van der Waals surface area contributed by atoms with Crippen LogP contribution in [0.3, 0.4) is 0 Å². The van der Waals surface area contributed by atoms with Crippen LogP contribution in [0.5, 0.6) is 0 Å². The van der Waals surface area contributed by atoms with Crippen LogP contribution in [0.25, 0.3) is 6.08 Å². The molecule has 0 radical (unpaired) electrons. The van der Waals surface area contributed by atoms with Gasteiger partial charge in [0, 0.05) is 11.4 Å². The van der Waals surface area contributed by atoms with E-state index in [1.165, 1.54) is 17.0 Å². The van der Waals surface area contributed by atoms with Gasteiger partial charge >= 0.3 is 11.9 Å². The van der Waals surface area contributed by atoms with Crippen LogP contribution in [0, 0.1) is 13.8 Å². The van der Waals surface area contributed by atoms with Crippen molar-refractivity contribution in [2.24, 2.45) is 0 Å². The minimum Gasteiger partial charge on any atom is -0.478 e. The molecule has 154 valence electrons. The quantitative estimate of drug-likeness (QED) is 0.593. The second-order valence-corrected chi connectivity index (χ2v) is 7.08. The van der Waals surface area contributed by atoms with Crippen LogP contribution >= 0.6 is 0 Å². The number of carbonyl (C=O) groups excluding carboxylic acids is 2. The topological polar surface area (TPSA) is 83.9 Å². The number of ether oxygens (including phenoxy) is 1. The zero-order chi connectivity index (χ0) is 22.0. The van der Waals surface area contributed by atoms with E-state index in [1.54, 1.807) is 32.1 Å². The lowest BCUT2D eigenvalue weighted by molar-refractivity contribution is -0.138. The van der Waals surface area contributed by atoms with Crippen molar-refractivity contribution in [3.8, 4) is 0 Å². The molecule has 1 aliphatic rings. The number of esters is 1. The van der Waals surface area contributed by atoms with E-state index >= 15 is 0 Å². The molecule has 1 amide bonds. The molecule has 0 atom stereocenters. The second kappa shape index (κ2) is 8.37. The fourth-order valence-corrected chi connectivity index (χ4v) is 3.35. The molecule has 2 aromatic carbocycles. The van der Waals surface area contributed by atoms with Gasteiger partial charge in [0.25, 0.3) is 5.91 Å². The Hall–Kier alpha value is -3.67. The van der Waals surface area contributed by atoms with Crippen molar-refractivity contribution in [3.63, 3.8) is 0 Å². The van der Waals surface area contributed by atoms with E-state index in [2.05, 4.69) is 0 Å². The van der Waals surface area contributed by atoms with Crippen molar-refractivity contribution in [3.05, 3.63) is 81.6 Å². The van der Waals surface area contributed by atoms with Gasteiger partial charge in [-0.1, -0.05) is 18.2 Å². The van der Waals surface area contributed by atoms with E-state index < -0.39 is 11.9 Å². The normalized spacial score (nSPS) is 15.1. The maximum atomic E-state index is 13.3. The number of carbonyl (C=O) groups is 3. The van der Waals surface area contributed by atoms with Gasteiger partial charge in [-0.25, -0.2) is 9.59 Å². The summed E-state index contributed by atoms with van der Waals surface area (Å²) in [4.78, 5) is 38.6. The van der Waals surface area contributed by atoms with Gasteiger partial charge in [0.1, 0.15) is 0 Å². The highest BCUT2D eigenvalue weighted by Gasteiger charge is 2.38. The Morgan fingerprint density at radius 1 is 1.03 bits per heavy atom. The first kappa shape index (κ1) is 21.0. The molecular formula is C24H23NO5. The van der Waals surface area contributed by atoms with Crippen LogP contribution in [0.4, 0.5) is 5.69 Å². The molecule has 3 rings (SSSR count).